The lowest BCUT2D eigenvalue weighted by Gasteiger charge is -2.23. The minimum Gasteiger partial charge on any atom is -0.397 e. The van der Waals surface area contributed by atoms with E-state index in [-0.39, 0.29) is 11.7 Å². The highest BCUT2D eigenvalue weighted by molar-refractivity contribution is 9.10. The maximum Gasteiger partial charge on any atom is 0.253 e. The molecular formula is C27H25BrFN5O2. The number of benzene rings is 3. The first-order chi connectivity index (χ1) is 17.3. The van der Waals surface area contributed by atoms with Crippen molar-refractivity contribution >= 4 is 33.2 Å². The Morgan fingerprint density at radius 3 is 2.44 bits per heavy atom. The highest BCUT2D eigenvalue weighted by atomic mass is 79.9. The van der Waals surface area contributed by atoms with E-state index in [1.807, 2.05) is 42.6 Å². The summed E-state index contributed by atoms with van der Waals surface area (Å²) in [6.45, 7) is 2.16. The quantitative estimate of drug-likeness (QED) is 0.326. The third kappa shape index (κ3) is 4.72. The van der Waals surface area contributed by atoms with Gasteiger partial charge in [0.15, 0.2) is 6.23 Å². The van der Waals surface area contributed by atoms with Crippen LogP contribution in [0.15, 0.2) is 77.4 Å². The summed E-state index contributed by atoms with van der Waals surface area (Å²) in [7, 11) is 0. The van der Waals surface area contributed by atoms with Crippen molar-refractivity contribution in [2.24, 2.45) is 0 Å². The van der Waals surface area contributed by atoms with Gasteiger partial charge >= 0.3 is 0 Å². The summed E-state index contributed by atoms with van der Waals surface area (Å²) < 4.78 is 22.5. The number of ether oxygens (including phenoxy) is 1. The molecular weight excluding hydrogens is 525 g/mol. The van der Waals surface area contributed by atoms with Crippen molar-refractivity contribution in [1.82, 2.24) is 14.7 Å². The van der Waals surface area contributed by atoms with Crippen molar-refractivity contribution in [3.05, 3.63) is 94.3 Å². The van der Waals surface area contributed by atoms with Crippen LogP contribution in [0.5, 0.6) is 0 Å². The van der Waals surface area contributed by atoms with Gasteiger partial charge in [0.05, 0.1) is 17.1 Å². The molecule has 7 nitrogen and oxygen atoms in total. The van der Waals surface area contributed by atoms with E-state index in [4.69, 9.17) is 21.3 Å². The summed E-state index contributed by atoms with van der Waals surface area (Å²) in [5.74, 6) is -0.442. The van der Waals surface area contributed by atoms with E-state index >= 15 is 0 Å². The van der Waals surface area contributed by atoms with Gasteiger partial charge in [-0.1, -0.05) is 22.0 Å². The lowest BCUT2D eigenvalue weighted by atomic mass is 10.1. The van der Waals surface area contributed by atoms with E-state index in [1.165, 1.54) is 12.1 Å². The molecule has 1 aliphatic heterocycles. The van der Waals surface area contributed by atoms with Crippen molar-refractivity contribution in [2.75, 3.05) is 18.0 Å². The highest BCUT2D eigenvalue weighted by Crippen LogP contribution is 2.37. The van der Waals surface area contributed by atoms with E-state index in [0.717, 1.165) is 26.9 Å². The Kier molecular flexibility index (Phi) is 6.51. The van der Waals surface area contributed by atoms with Crippen LogP contribution in [0.2, 0.25) is 0 Å². The van der Waals surface area contributed by atoms with Gasteiger partial charge in [-0.05, 0) is 79.6 Å². The van der Waals surface area contributed by atoms with Gasteiger partial charge in [-0.25, -0.2) is 9.07 Å². The zero-order chi connectivity index (χ0) is 25.4. The molecule has 4 aromatic rings. The number of nitrogens with zero attached hydrogens (tertiary/aromatic N) is 3. The predicted octanol–water partition coefficient (Wildman–Crippen LogP) is 5.09. The van der Waals surface area contributed by atoms with Crippen LogP contribution in [0.3, 0.4) is 0 Å². The van der Waals surface area contributed by atoms with Crippen LogP contribution in [-0.2, 0) is 16.0 Å². The number of nitrogens with two attached hydrogens (primary N) is 2. The van der Waals surface area contributed by atoms with Crippen LogP contribution >= 0.6 is 15.9 Å². The number of hydrogen-bond acceptors (Lipinski definition) is 5. The predicted molar refractivity (Wildman–Crippen MR) is 141 cm³/mol. The lowest BCUT2D eigenvalue weighted by molar-refractivity contribution is -0.130. The van der Waals surface area contributed by atoms with Crippen molar-refractivity contribution < 1.29 is 13.9 Å². The first kappa shape index (κ1) is 24.0. The second kappa shape index (κ2) is 9.75. The summed E-state index contributed by atoms with van der Waals surface area (Å²) in [4.78, 5) is 14.8. The van der Waals surface area contributed by atoms with E-state index in [2.05, 4.69) is 15.9 Å². The van der Waals surface area contributed by atoms with Crippen LogP contribution in [0, 0.1) is 5.82 Å². The number of carbonyl (C=O) groups excluding carboxylic acids is 1. The van der Waals surface area contributed by atoms with Crippen LogP contribution in [-0.4, -0.2) is 33.2 Å². The zero-order valence-corrected chi connectivity index (χ0v) is 21.2. The fourth-order valence-electron chi connectivity index (χ4n) is 4.30. The molecule has 4 N–H and O–H groups in total. The number of anilines is 2. The molecule has 1 fully saturated rings. The molecule has 0 aliphatic carbocycles. The van der Waals surface area contributed by atoms with Crippen LogP contribution < -0.4 is 11.5 Å². The largest absolute Gasteiger partial charge is 0.397 e. The second-order valence-electron chi connectivity index (χ2n) is 8.74. The average Bonchev–Trinajstić information content (AvgIpc) is 3.42. The molecule has 5 rings (SSSR count). The van der Waals surface area contributed by atoms with Crippen molar-refractivity contribution in [3.63, 3.8) is 0 Å². The molecule has 0 saturated carbocycles. The molecule has 0 bridgehead atoms. The molecule has 0 radical (unpaired) electrons. The van der Waals surface area contributed by atoms with Crippen molar-refractivity contribution in [3.8, 4) is 16.9 Å². The van der Waals surface area contributed by atoms with Crippen LogP contribution in [0.25, 0.3) is 16.9 Å². The van der Waals surface area contributed by atoms with Crippen molar-refractivity contribution in [2.45, 2.75) is 25.7 Å². The van der Waals surface area contributed by atoms with Crippen LogP contribution in [0.1, 0.15) is 24.3 Å². The minimum atomic E-state index is -0.650. The van der Waals surface area contributed by atoms with Gasteiger partial charge in [-0.3, -0.25) is 4.79 Å². The van der Waals surface area contributed by atoms with E-state index < -0.39 is 12.3 Å². The minimum absolute atomic E-state index is 0.107. The topological polar surface area (TPSA) is 99.4 Å². The SMILES string of the molecule is C[C@H]1OC(c2cn(-c3ccc(Br)cc3)nc2-c2ccc(F)cc2)N(CCc2ccc(N)c(N)c2)C1=O. The molecule has 3 aromatic carbocycles. The Morgan fingerprint density at radius 1 is 1.03 bits per heavy atom. The summed E-state index contributed by atoms with van der Waals surface area (Å²) in [6, 6.07) is 19.3. The number of aromatic nitrogens is 2. The molecule has 36 heavy (non-hydrogen) atoms. The highest BCUT2D eigenvalue weighted by Gasteiger charge is 2.40. The van der Waals surface area contributed by atoms with Gasteiger partial charge < -0.3 is 21.1 Å². The zero-order valence-electron chi connectivity index (χ0n) is 19.6. The first-order valence-electron chi connectivity index (χ1n) is 11.5. The smallest absolute Gasteiger partial charge is 0.253 e. The monoisotopic (exact) mass is 549 g/mol. The molecule has 1 aliphatic rings. The fraction of sp³-hybridized carbons (Fsp3) is 0.185. The molecule has 1 aromatic heterocycles. The number of carbonyl (C=O) groups is 1. The van der Waals surface area contributed by atoms with Gasteiger partial charge in [0.1, 0.15) is 17.6 Å². The third-order valence-electron chi connectivity index (χ3n) is 6.26. The first-order valence-corrected chi connectivity index (χ1v) is 12.3. The molecule has 0 spiro atoms. The Balaban J connectivity index is 1.53. The summed E-state index contributed by atoms with van der Waals surface area (Å²) in [6.07, 6.45) is 1.19. The third-order valence-corrected chi connectivity index (χ3v) is 6.79. The van der Waals surface area contributed by atoms with Crippen molar-refractivity contribution in [1.29, 1.82) is 0 Å². The number of rotatable bonds is 6. The Morgan fingerprint density at radius 2 is 1.75 bits per heavy atom. The molecule has 2 heterocycles. The molecule has 1 unspecified atom stereocenters. The maximum absolute atomic E-state index is 13.7. The van der Waals surface area contributed by atoms with E-state index in [0.29, 0.717) is 30.0 Å². The number of nitrogen functional groups attached to an aromatic ring is 2. The Labute approximate surface area is 216 Å². The van der Waals surface area contributed by atoms with Gasteiger partial charge in [0.2, 0.25) is 0 Å². The summed E-state index contributed by atoms with van der Waals surface area (Å²) in [5, 5.41) is 4.81. The Hall–Kier alpha value is -3.69. The molecule has 9 heteroatoms. The van der Waals surface area contributed by atoms with E-state index in [1.54, 1.807) is 34.7 Å². The fourth-order valence-corrected chi connectivity index (χ4v) is 4.56. The summed E-state index contributed by atoms with van der Waals surface area (Å²) in [5.41, 5.74) is 16.7. The standard InChI is InChI=1S/C27H25BrFN5O2/c1-16-26(35)33(13-12-17-2-11-23(30)24(31)14-17)27(36-16)22-15-34(21-9-5-19(28)6-10-21)32-25(22)18-3-7-20(29)8-4-18/h2-11,14-16,27H,12-13,30-31H2,1H3/t16-,27?/m1/s1. The summed E-state index contributed by atoms with van der Waals surface area (Å²) >= 11 is 3.46. The van der Waals surface area contributed by atoms with E-state index in [9.17, 15) is 9.18 Å². The molecule has 184 valence electrons. The average molecular weight is 550 g/mol. The van der Waals surface area contributed by atoms with Crippen LogP contribution in [0.4, 0.5) is 15.8 Å². The molecule has 1 amide bonds. The van der Waals surface area contributed by atoms with Gasteiger partial charge in [0, 0.05) is 28.3 Å². The lowest BCUT2D eigenvalue weighted by Crippen LogP contribution is -2.32. The molecule has 1 saturated heterocycles. The normalized spacial score (nSPS) is 17.6. The number of hydrogen-bond donors (Lipinski definition) is 2. The number of amides is 1. The van der Waals surface area contributed by atoms with Gasteiger partial charge in [-0.15, -0.1) is 0 Å². The number of halogens is 2. The second-order valence-corrected chi connectivity index (χ2v) is 9.65. The Bertz CT molecular complexity index is 1400. The van der Waals surface area contributed by atoms with Gasteiger partial charge in [0.25, 0.3) is 5.91 Å². The van der Waals surface area contributed by atoms with Gasteiger partial charge in [-0.2, -0.15) is 5.10 Å². The maximum atomic E-state index is 13.7. The molecule has 2 atom stereocenters.